The predicted molar refractivity (Wildman–Crippen MR) is 81.6 cm³/mol. The van der Waals surface area contributed by atoms with Crippen molar-refractivity contribution in [3.63, 3.8) is 0 Å². The zero-order valence-corrected chi connectivity index (χ0v) is 11.7. The van der Waals surface area contributed by atoms with Crippen molar-refractivity contribution in [3.05, 3.63) is 74.9 Å². The monoisotopic (exact) mass is 297 g/mol. The smallest absolute Gasteiger partial charge is 0.269 e. The summed E-state index contributed by atoms with van der Waals surface area (Å²) in [6, 6.07) is 16.0. The Morgan fingerprint density at radius 3 is 2.33 bits per heavy atom. The molecule has 0 fully saturated rings. The zero-order chi connectivity index (χ0) is 14.8. The second-order valence-corrected chi connectivity index (χ2v) is 5.26. The fourth-order valence-electron chi connectivity index (χ4n) is 2.11. The van der Waals surface area contributed by atoms with Crippen LogP contribution in [0.5, 0.6) is 0 Å². The first-order chi connectivity index (χ1) is 10.2. The van der Waals surface area contributed by atoms with Gasteiger partial charge in [-0.15, -0.1) is 11.3 Å². The third-order valence-corrected chi connectivity index (χ3v) is 3.86. The first kappa shape index (κ1) is 13.3. The standard InChI is InChI=1S/C15H11N3O2S/c16-15-17(12-4-2-1-3-5-12)14(10-21-15)11-6-8-13(9-7-11)18(19)20/h1-10,16H. The molecule has 104 valence electrons. The summed E-state index contributed by atoms with van der Waals surface area (Å²) in [5.74, 6) is 0. The number of para-hydroxylation sites is 1. The molecule has 1 N–H and O–H groups in total. The Bertz CT molecular complexity index is 835. The molecule has 0 aliphatic heterocycles. The van der Waals surface area contributed by atoms with Gasteiger partial charge in [0.25, 0.3) is 5.69 Å². The summed E-state index contributed by atoms with van der Waals surface area (Å²) in [5, 5.41) is 20.7. The van der Waals surface area contributed by atoms with Gasteiger partial charge in [0, 0.05) is 23.2 Å². The molecule has 0 radical (unpaired) electrons. The minimum Gasteiger partial charge on any atom is -0.286 e. The summed E-state index contributed by atoms with van der Waals surface area (Å²) in [6.07, 6.45) is 0. The molecule has 0 bridgehead atoms. The van der Waals surface area contributed by atoms with Gasteiger partial charge >= 0.3 is 0 Å². The second kappa shape index (κ2) is 5.34. The SMILES string of the molecule is N=c1scc(-c2ccc([N+](=O)[O-])cc2)n1-c1ccccc1. The van der Waals surface area contributed by atoms with Crippen LogP contribution in [0.25, 0.3) is 16.9 Å². The van der Waals surface area contributed by atoms with Crippen LogP contribution in [0.15, 0.2) is 60.0 Å². The summed E-state index contributed by atoms with van der Waals surface area (Å²) in [5.41, 5.74) is 2.66. The molecule has 0 amide bonds. The van der Waals surface area contributed by atoms with Crippen molar-refractivity contribution >= 4 is 17.0 Å². The molecule has 3 rings (SSSR count). The number of hydrogen-bond acceptors (Lipinski definition) is 4. The molecule has 0 saturated carbocycles. The number of benzene rings is 2. The molecule has 21 heavy (non-hydrogen) atoms. The van der Waals surface area contributed by atoms with E-state index < -0.39 is 4.92 Å². The highest BCUT2D eigenvalue weighted by Gasteiger charge is 2.11. The average Bonchev–Trinajstić information content (AvgIpc) is 2.90. The molecule has 0 saturated heterocycles. The number of nitro benzene ring substituents is 1. The second-order valence-electron chi connectivity index (χ2n) is 4.40. The van der Waals surface area contributed by atoms with Gasteiger partial charge in [-0.2, -0.15) is 0 Å². The fraction of sp³-hybridized carbons (Fsp3) is 0. The lowest BCUT2D eigenvalue weighted by Gasteiger charge is -2.08. The topological polar surface area (TPSA) is 71.9 Å². The van der Waals surface area contributed by atoms with Crippen LogP contribution in [-0.2, 0) is 0 Å². The van der Waals surface area contributed by atoms with Crippen LogP contribution in [0, 0.1) is 15.5 Å². The molecule has 3 aromatic rings. The molecule has 0 aliphatic rings. The van der Waals surface area contributed by atoms with Gasteiger partial charge in [0.15, 0.2) is 4.80 Å². The number of rotatable bonds is 3. The van der Waals surface area contributed by atoms with E-state index in [9.17, 15) is 10.1 Å². The molecule has 2 aromatic carbocycles. The van der Waals surface area contributed by atoms with Crippen LogP contribution in [0.3, 0.4) is 0 Å². The van der Waals surface area contributed by atoms with E-state index in [0.29, 0.717) is 4.80 Å². The Morgan fingerprint density at radius 1 is 1.05 bits per heavy atom. The minimum absolute atomic E-state index is 0.0614. The zero-order valence-electron chi connectivity index (χ0n) is 10.9. The molecule has 0 unspecified atom stereocenters. The maximum absolute atomic E-state index is 10.7. The number of aromatic nitrogens is 1. The van der Waals surface area contributed by atoms with Gasteiger partial charge in [0.05, 0.1) is 10.6 Å². The summed E-state index contributed by atoms with van der Waals surface area (Å²) in [7, 11) is 0. The molecule has 0 spiro atoms. The van der Waals surface area contributed by atoms with E-state index in [2.05, 4.69) is 0 Å². The van der Waals surface area contributed by atoms with Crippen molar-refractivity contribution in [2.24, 2.45) is 0 Å². The molecule has 6 heteroatoms. The van der Waals surface area contributed by atoms with E-state index in [1.54, 1.807) is 12.1 Å². The molecule has 1 heterocycles. The number of hydrogen-bond donors (Lipinski definition) is 1. The van der Waals surface area contributed by atoms with E-state index in [-0.39, 0.29) is 5.69 Å². The van der Waals surface area contributed by atoms with E-state index in [1.165, 1.54) is 23.5 Å². The van der Waals surface area contributed by atoms with Crippen LogP contribution in [-0.4, -0.2) is 9.49 Å². The lowest BCUT2D eigenvalue weighted by Crippen LogP contribution is -2.11. The third-order valence-electron chi connectivity index (χ3n) is 3.11. The van der Waals surface area contributed by atoms with Gasteiger partial charge in [-0.3, -0.25) is 20.1 Å². The number of thiazole rings is 1. The quantitative estimate of drug-likeness (QED) is 0.592. The van der Waals surface area contributed by atoms with Gasteiger partial charge in [-0.05, 0) is 29.8 Å². The van der Waals surface area contributed by atoms with Crippen molar-refractivity contribution < 1.29 is 4.92 Å². The van der Waals surface area contributed by atoms with E-state index in [1.807, 2.05) is 40.3 Å². The van der Waals surface area contributed by atoms with Crippen LogP contribution in [0.4, 0.5) is 5.69 Å². The van der Waals surface area contributed by atoms with E-state index in [0.717, 1.165) is 16.9 Å². The van der Waals surface area contributed by atoms with Gasteiger partial charge in [0.1, 0.15) is 0 Å². The van der Waals surface area contributed by atoms with E-state index >= 15 is 0 Å². The maximum Gasteiger partial charge on any atom is 0.269 e. The first-order valence-electron chi connectivity index (χ1n) is 6.22. The molecule has 0 atom stereocenters. The molecular weight excluding hydrogens is 286 g/mol. The van der Waals surface area contributed by atoms with Gasteiger partial charge < -0.3 is 0 Å². The Balaban J connectivity index is 2.12. The lowest BCUT2D eigenvalue weighted by molar-refractivity contribution is -0.384. The highest BCUT2D eigenvalue weighted by atomic mass is 32.1. The third kappa shape index (κ3) is 2.48. The van der Waals surface area contributed by atoms with Crippen molar-refractivity contribution in [1.82, 2.24) is 4.57 Å². The van der Waals surface area contributed by atoms with Crippen molar-refractivity contribution in [1.29, 1.82) is 5.41 Å². The molecule has 0 aliphatic carbocycles. The molecular formula is C15H11N3O2S. The maximum atomic E-state index is 10.7. The van der Waals surface area contributed by atoms with Crippen LogP contribution >= 0.6 is 11.3 Å². The molecule has 5 nitrogen and oxygen atoms in total. The summed E-state index contributed by atoms with van der Waals surface area (Å²) >= 11 is 1.33. The molecule has 1 aromatic heterocycles. The lowest BCUT2D eigenvalue weighted by atomic mass is 10.1. The van der Waals surface area contributed by atoms with Crippen molar-refractivity contribution in [2.75, 3.05) is 0 Å². The Morgan fingerprint density at radius 2 is 1.71 bits per heavy atom. The highest BCUT2D eigenvalue weighted by Crippen LogP contribution is 2.25. The predicted octanol–water partition coefficient (Wildman–Crippen LogP) is 3.59. The number of nitro groups is 1. The van der Waals surface area contributed by atoms with Gasteiger partial charge in [0.2, 0.25) is 0 Å². The number of non-ortho nitro benzene ring substituents is 1. The van der Waals surface area contributed by atoms with Crippen LogP contribution in [0.1, 0.15) is 0 Å². The number of nitrogens with one attached hydrogen (secondary N) is 1. The Hall–Kier alpha value is -2.73. The van der Waals surface area contributed by atoms with Crippen LogP contribution in [0.2, 0.25) is 0 Å². The van der Waals surface area contributed by atoms with Gasteiger partial charge in [-0.25, -0.2) is 0 Å². The average molecular weight is 297 g/mol. The number of nitrogens with zero attached hydrogens (tertiary/aromatic N) is 2. The summed E-state index contributed by atoms with van der Waals surface area (Å²) < 4.78 is 1.83. The van der Waals surface area contributed by atoms with Crippen molar-refractivity contribution in [2.45, 2.75) is 0 Å². The van der Waals surface area contributed by atoms with Gasteiger partial charge in [-0.1, -0.05) is 18.2 Å². The van der Waals surface area contributed by atoms with Crippen LogP contribution < -0.4 is 4.80 Å². The minimum atomic E-state index is -0.418. The van der Waals surface area contributed by atoms with E-state index in [4.69, 9.17) is 5.41 Å². The first-order valence-corrected chi connectivity index (χ1v) is 7.10. The summed E-state index contributed by atoms with van der Waals surface area (Å²) in [6.45, 7) is 0. The summed E-state index contributed by atoms with van der Waals surface area (Å²) in [4.78, 5) is 10.7. The fourth-order valence-corrected chi connectivity index (χ4v) is 2.88. The Labute approximate surface area is 124 Å². The highest BCUT2D eigenvalue weighted by molar-refractivity contribution is 7.07. The van der Waals surface area contributed by atoms with Crippen molar-refractivity contribution in [3.8, 4) is 16.9 Å². The largest absolute Gasteiger partial charge is 0.286 e. The Kier molecular flexibility index (Phi) is 3.37. The normalized spacial score (nSPS) is 10.5.